The Labute approximate surface area is 108 Å². The van der Waals surface area contributed by atoms with E-state index in [0.29, 0.717) is 5.82 Å². The van der Waals surface area contributed by atoms with Gasteiger partial charge in [0.05, 0.1) is 13.5 Å². The van der Waals surface area contributed by atoms with Gasteiger partial charge in [-0.3, -0.25) is 14.5 Å². The summed E-state index contributed by atoms with van der Waals surface area (Å²) in [5, 5.41) is 2.98. The summed E-state index contributed by atoms with van der Waals surface area (Å²) < 4.78 is 5.05. The molecule has 0 aromatic carbocycles. The maximum Gasteiger partial charge on any atom is 0.251 e. The number of amides is 2. The zero-order valence-corrected chi connectivity index (χ0v) is 10.6. The van der Waals surface area contributed by atoms with Crippen LogP contribution in [0.5, 0.6) is 5.75 Å². The van der Waals surface area contributed by atoms with E-state index in [1.54, 1.807) is 0 Å². The number of likely N-dealkylation sites (N-methyl/N-ethyl adjacent to an activating group) is 1. The number of halogens is 1. The lowest BCUT2D eigenvalue weighted by Crippen LogP contribution is -2.32. The molecule has 18 heavy (non-hydrogen) atoms. The molecule has 1 atom stereocenters. The van der Waals surface area contributed by atoms with Gasteiger partial charge < -0.3 is 10.1 Å². The van der Waals surface area contributed by atoms with Crippen molar-refractivity contribution in [3.8, 4) is 5.75 Å². The second-order valence-corrected chi connectivity index (χ2v) is 4.10. The van der Waals surface area contributed by atoms with E-state index in [0.717, 1.165) is 4.90 Å². The van der Waals surface area contributed by atoms with Gasteiger partial charge in [-0.15, -0.1) is 0 Å². The first-order valence-corrected chi connectivity index (χ1v) is 5.53. The monoisotopic (exact) mass is 270 g/mol. The number of hydrogen-bond donors (Lipinski definition) is 1. The lowest BCUT2D eigenvalue weighted by Gasteiger charge is -2.14. The first-order valence-electron chi connectivity index (χ1n) is 5.16. The molecule has 2 rings (SSSR count). The molecule has 7 nitrogen and oxygen atoms in total. The number of anilines is 1. The number of nitrogens with zero attached hydrogens (tertiary/aromatic N) is 3. The molecule has 8 heteroatoms. The van der Waals surface area contributed by atoms with Gasteiger partial charge in [0.2, 0.25) is 5.91 Å². The Morgan fingerprint density at radius 1 is 1.50 bits per heavy atom. The van der Waals surface area contributed by atoms with Crippen molar-refractivity contribution >= 4 is 29.2 Å². The summed E-state index contributed by atoms with van der Waals surface area (Å²) >= 11 is 5.83. The van der Waals surface area contributed by atoms with Gasteiger partial charge in [-0.1, -0.05) is 11.6 Å². The molecule has 0 aliphatic carbocycles. The molecule has 1 unspecified atom stereocenters. The van der Waals surface area contributed by atoms with Crippen molar-refractivity contribution in [2.45, 2.75) is 12.5 Å². The Bertz CT molecular complexity index is 508. The number of aromatic nitrogens is 2. The molecular formula is C10H11ClN4O3. The van der Waals surface area contributed by atoms with Crippen molar-refractivity contribution in [2.75, 3.05) is 19.5 Å². The van der Waals surface area contributed by atoms with Crippen LogP contribution in [-0.2, 0) is 9.59 Å². The van der Waals surface area contributed by atoms with Gasteiger partial charge in [-0.05, 0) is 0 Å². The fourth-order valence-electron chi connectivity index (χ4n) is 1.67. The minimum absolute atomic E-state index is 0.0834. The van der Waals surface area contributed by atoms with Crippen molar-refractivity contribution in [1.82, 2.24) is 14.9 Å². The lowest BCUT2D eigenvalue weighted by atomic mass is 10.2. The largest absolute Gasteiger partial charge is 0.490 e. The number of likely N-dealkylation sites (tertiary alicyclic amines) is 1. The summed E-state index contributed by atoms with van der Waals surface area (Å²) in [6, 6.07) is -0.651. The fraction of sp³-hybridized carbons (Fsp3) is 0.400. The molecule has 0 saturated carbocycles. The van der Waals surface area contributed by atoms with Crippen molar-refractivity contribution in [3.05, 3.63) is 11.5 Å². The van der Waals surface area contributed by atoms with Crippen LogP contribution in [0.2, 0.25) is 5.15 Å². The minimum atomic E-state index is -0.651. The maximum absolute atomic E-state index is 11.7. The summed E-state index contributed by atoms with van der Waals surface area (Å²) in [5.41, 5.74) is 0. The molecule has 2 amide bonds. The number of rotatable bonds is 3. The van der Waals surface area contributed by atoms with Crippen LogP contribution in [0, 0.1) is 0 Å². The molecule has 2 heterocycles. The summed E-state index contributed by atoms with van der Waals surface area (Å²) in [5.74, 6) is -0.0127. The Balaban J connectivity index is 2.23. The van der Waals surface area contributed by atoms with Crippen molar-refractivity contribution in [2.24, 2.45) is 0 Å². The van der Waals surface area contributed by atoms with Crippen LogP contribution in [-0.4, -0.2) is 46.9 Å². The first kappa shape index (κ1) is 12.6. The topological polar surface area (TPSA) is 84.4 Å². The average molecular weight is 271 g/mol. The number of imide groups is 1. The van der Waals surface area contributed by atoms with E-state index < -0.39 is 6.04 Å². The molecule has 1 aliphatic rings. The highest BCUT2D eigenvalue weighted by Crippen LogP contribution is 2.29. The smallest absolute Gasteiger partial charge is 0.251 e. The van der Waals surface area contributed by atoms with Gasteiger partial charge in [0.1, 0.15) is 12.4 Å². The predicted molar refractivity (Wildman–Crippen MR) is 63.4 cm³/mol. The SMILES string of the molecule is COc1c(Cl)ncnc1NC1CC(=O)N(C)C1=O. The molecule has 0 spiro atoms. The fourth-order valence-corrected chi connectivity index (χ4v) is 1.88. The molecule has 0 radical (unpaired) electrons. The molecule has 1 aliphatic heterocycles. The van der Waals surface area contributed by atoms with Crippen molar-refractivity contribution < 1.29 is 14.3 Å². The van der Waals surface area contributed by atoms with E-state index in [-0.39, 0.29) is 29.1 Å². The van der Waals surface area contributed by atoms with Crippen LogP contribution >= 0.6 is 11.6 Å². The highest BCUT2D eigenvalue weighted by Gasteiger charge is 2.36. The van der Waals surface area contributed by atoms with E-state index in [1.807, 2.05) is 0 Å². The third-order valence-electron chi connectivity index (χ3n) is 2.66. The standard InChI is InChI=1S/C10H11ClN4O3/c1-15-6(16)3-5(10(15)17)14-9-7(18-2)8(11)12-4-13-9/h4-5H,3H2,1-2H3,(H,12,13,14). The number of nitrogens with one attached hydrogen (secondary N) is 1. The zero-order chi connectivity index (χ0) is 13.3. The lowest BCUT2D eigenvalue weighted by molar-refractivity contribution is -0.136. The second-order valence-electron chi connectivity index (χ2n) is 3.74. The molecule has 1 saturated heterocycles. The van der Waals surface area contributed by atoms with Gasteiger partial charge in [-0.25, -0.2) is 9.97 Å². The van der Waals surface area contributed by atoms with Gasteiger partial charge in [-0.2, -0.15) is 0 Å². The van der Waals surface area contributed by atoms with Crippen LogP contribution in [0.25, 0.3) is 0 Å². The summed E-state index contributed by atoms with van der Waals surface area (Å²) in [4.78, 5) is 31.9. The summed E-state index contributed by atoms with van der Waals surface area (Å²) in [6.45, 7) is 0. The van der Waals surface area contributed by atoms with E-state index in [9.17, 15) is 9.59 Å². The van der Waals surface area contributed by atoms with Crippen LogP contribution in [0.1, 0.15) is 6.42 Å². The molecular weight excluding hydrogens is 260 g/mol. The molecule has 0 bridgehead atoms. The van der Waals surface area contributed by atoms with Crippen LogP contribution < -0.4 is 10.1 Å². The number of carbonyl (C=O) groups excluding carboxylic acids is 2. The van der Waals surface area contributed by atoms with Gasteiger partial charge in [0.15, 0.2) is 16.7 Å². The summed E-state index contributed by atoms with van der Waals surface area (Å²) in [7, 11) is 2.86. The Kier molecular flexibility index (Phi) is 3.33. The molecule has 1 aromatic rings. The number of carbonyl (C=O) groups is 2. The van der Waals surface area contributed by atoms with E-state index in [4.69, 9.17) is 16.3 Å². The predicted octanol–water partition coefficient (Wildman–Crippen LogP) is 0.308. The highest BCUT2D eigenvalue weighted by atomic mass is 35.5. The average Bonchev–Trinajstić information content (AvgIpc) is 2.57. The van der Waals surface area contributed by atoms with E-state index in [2.05, 4.69) is 15.3 Å². The Morgan fingerprint density at radius 2 is 2.22 bits per heavy atom. The van der Waals surface area contributed by atoms with E-state index >= 15 is 0 Å². The maximum atomic E-state index is 11.7. The first-order chi connectivity index (χ1) is 8.54. The van der Waals surface area contributed by atoms with Gasteiger partial charge >= 0.3 is 0 Å². The van der Waals surface area contributed by atoms with Gasteiger partial charge in [0.25, 0.3) is 5.91 Å². The normalized spacial score (nSPS) is 19.3. The number of ether oxygens (including phenoxy) is 1. The Morgan fingerprint density at radius 3 is 2.78 bits per heavy atom. The van der Waals surface area contributed by atoms with Crippen molar-refractivity contribution in [1.29, 1.82) is 0 Å². The molecule has 96 valence electrons. The van der Waals surface area contributed by atoms with Crippen LogP contribution in [0.4, 0.5) is 5.82 Å². The van der Waals surface area contributed by atoms with Gasteiger partial charge in [0, 0.05) is 7.05 Å². The molecule has 1 fully saturated rings. The number of hydrogen-bond acceptors (Lipinski definition) is 6. The third kappa shape index (κ3) is 2.08. The zero-order valence-electron chi connectivity index (χ0n) is 9.81. The van der Waals surface area contributed by atoms with Crippen LogP contribution in [0.3, 0.4) is 0 Å². The van der Waals surface area contributed by atoms with Crippen LogP contribution in [0.15, 0.2) is 6.33 Å². The third-order valence-corrected chi connectivity index (χ3v) is 2.93. The molecule has 1 aromatic heterocycles. The second kappa shape index (κ2) is 4.77. The highest BCUT2D eigenvalue weighted by molar-refractivity contribution is 6.31. The van der Waals surface area contributed by atoms with Crippen molar-refractivity contribution in [3.63, 3.8) is 0 Å². The van der Waals surface area contributed by atoms with E-state index in [1.165, 1.54) is 20.5 Å². The molecule has 1 N–H and O–H groups in total. The quantitative estimate of drug-likeness (QED) is 0.628. The number of methoxy groups -OCH3 is 1. The Hall–Kier alpha value is -1.89. The minimum Gasteiger partial charge on any atom is -0.490 e. The summed E-state index contributed by atoms with van der Waals surface area (Å²) in [6.07, 6.45) is 1.33.